The Morgan fingerprint density at radius 1 is 0.571 bits per heavy atom. The Balaban J connectivity index is 3.66. The first-order chi connectivity index (χ1) is 16.8. The van der Waals surface area contributed by atoms with E-state index in [1.165, 1.54) is 12.8 Å². The highest BCUT2D eigenvalue weighted by atomic mass is 16.3. The van der Waals surface area contributed by atoms with Gasteiger partial charge in [-0.1, -0.05) is 92.2 Å². The molecule has 0 aromatic carbocycles. The highest BCUT2D eigenvalue weighted by Crippen LogP contribution is 2.09. The number of nitrogens with two attached hydrogens (primary N) is 2. The van der Waals surface area contributed by atoms with Gasteiger partial charge in [-0.05, 0) is 65.2 Å². The van der Waals surface area contributed by atoms with E-state index in [9.17, 15) is 15.3 Å². The molecule has 5 atom stereocenters. The topological polar surface area (TPSA) is 113 Å². The minimum atomic E-state index is -0.535. The van der Waals surface area contributed by atoms with E-state index in [-0.39, 0.29) is 18.2 Å². The molecular formula is C30H52N2O3. The molecule has 200 valence electrons. The summed E-state index contributed by atoms with van der Waals surface area (Å²) in [5.74, 6) is 0. The van der Waals surface area contributed by atoms with Gasteiger partial charge >= 0.3 is 0 Å². The van der Waals surface area contributed by atoms with Crippen LogP contribution in [0, 0.1) is 0 Å². The van der Waals surface area contributed by atoms with Gasteiger partial charge in [-0.25, -0.2) is 0 Å². The van der Waals surface area contributed by atoms with Crippen LogP contribution in [-0.2, 0) is 0 Å². The van der Waals surface area contributed by atoms with Crippen molar-refractivity contribution in [3.63, 3.8) is 0 Å². The second kappa shape index (κ2) is 24.0. The molecule has 0 aromatic rings. The van der Waals surface area contributed by atoms with Crippen molar-refractivity contribution in [2.24, 2.45) is 11.5 Å². The lowest BCUT2D eigenvalue weighted by molar-refractivity contribution is 0.138. The van der Waals surface area contributed by atoms with E-state index < -0.39 is 12.2 Å². The standard InChI is InChI=1S/C30H52N2O3/c1-26(31)29(34)24-19-17-15-13-11-9-7-5-3-4-6-8-10-12-14-16-18-22-28(33)23-20-21-25-30(35)27(2)32/h3-4,7-10,14,16,18,20-22,26-30,33-35H,5-6,11-13,15,17,19,23-25,31-32H2,1-2H3/b4-3-,9-7-,10-8-,16-14-,21-20-,22-18+/t26?,27?,28?,29-,30-/m1/s1. The summed E-state index contributed by atoms with van der Waals surface area (Å²) >= 11 is 0. The molecule has 0 fully saturated rings. The van der Waals surface area contributed by atoms with E-state index in [1.54, 1.807) is 13.0 Å². The first kappa shape index (κ1) is 33.2. The Labute approximate surface area is 214 Å². The summed E-state index contributed by atoms with van der Waals surface area (Å²) in [6.45, 7) is 3.63. The maximum Gasteiger partial charge on any atom is 0.0758 e. The molecule has 0 bridgehead atoms. The summed E-state index contributed by atoms with van der Waals surface area (Å²) in [6, 6.07) is -0.369. The molecule has 5 heteroatoms. The van der Waals surface area contributed by atoms with E-state index in [0.717, 1.165) is 44.9 Å². The van der Waals surface area contributed by atoms with Gasteiger partial charge in [0.2, 0.25) is 0 Å². The van der Waals surface area contributed by atoms with Crippen molar-refractivity contribution in [3.05, 3.63) is 72.9 Å². The molecule has 0 amide bonds. The fourth-order valence-electron chi connectivity index (χ4n) is 3.18. The van der Waals surface area contributed by atoms with Gasteiger partial charge in [0, 0.05) is 12.1 Å². The van der Waals surface area contributed by atoms with Gasteiger partial charge < -0.3 is 26.8 Å². The third-order valence-corrected chi connectivity index (χ3v) is 5.65. The Morgan fingerprint density at radius 3 is 1.74 bits per heavy atom. The number of aliphatic hydroxyl groups is 3. The predicted octanol–water partition coefficient (Wildman–Crippen LogP) is 5.39. The molecule has 0 heterocycles. The van der Waals surface area contributed by atoms with Crippen LogP contribution in [0.3, 0.4) is 0 Å². The Kier molecular flexibility index (Phi) is 22.8. The second-order valence-corrected chi connectivity index (χ2v) is 9.29. The maximum absolute atomic E-state index is 9.89. The fourth-order valence-corrected chi connectivity index (χ4v) is 3.18. The van der Waals surface area contributed by atoms with E-state index in [1.807, 2.05) is 31.2 Å². The largest absolute Gasteiger partial charge is 0.392 e. The summed E-state index contributed by atoms with van der Waals surface area (Å²) in [5.41, 5.74) is 11.3. The van der Waals surface area contributed by atoms with Crippen molar-refractivity contribution in [2.75, 3.05) is 0 Å². The van der Waals surface area contributed by atoms with Gasteiger partial charge in [-0.2, -0.15) is 0 Å². The first-order valence-electron chi connectivity index (χ1n) is 13.3. The van der Waals surface area contributed by atoms with Crippen LogP contribution in [0.2, 0.25) is 0 Å². The van der Waals surface area contributed by atoms with Crippen LogP contribution < -0.4 is 11.5 Å². The molecule has 0 aromatic heterocycles. The third kappa shape index (κ3) is 23.7. The van der Waals surface area contributed by atoms with Crippen LogP contribution in [0.1, 0.15) is 84.5 Å². The van der Waals surface area contributed by atoms with E-state index >= 15 is 0 Å². The first-order valence-corrected chi connectivity index (χ1v) is 13.3. The smallest absolute Gasteiger partial charge is 0.0758 e. The molecule has 7 N–H and O–H groups in total. The summed E-state index contributed by atoms with van der Waals surface area (Å²) in [5, 5.41) is 29.2. The molecule has 0 aliphatic carbocycles. The average molecular weight is 489 g/mol. The van der Waals surface area contributed by atoms with Crippen molar-refractivity contribution in [1.29, 1.82) is 0 Å². The number of hydrogen-bond donors (Lipinski definition) is 5. The lowest BCUT2D eigenvalue weighted by atomic mass is 10.0. The van der Waals surface area contributed by atoms with Crippen LogP contribution in [0.4, 0.5) is 0 Å². The van der Waals surface area contributed by atoms with E-state index in [2.05, 4.69) is 42.5 Å². The van der Waals surface area contributed by atoms with E-state index in [4.69, 9.17) is 11.5 Å². The second-order valence-electron chi connectivity index (χ2n) is 9.29. The van der Waals surface area contributed by atoms with Gasteiger partial charge in [0.25, 0.3) is 0 Å². The van der Waals surface area contributed by atoms with Gasteiger partial charge in [0.05, 0.1) is 18.3 Å². The molecule has 0 aliphatic rings. The number of aliphatic hydroxyl groups excluding tert-OH is 3. The monoisotopic (exact) mass is 488 g/mol. The van der Waals surface area contributed by atoms with Crippen molar-refractivity contribution >= 4 is 0 Å². The zero-order valence-electron chi connectivity index (χ0n) is 22.1. The Morgan fingerprint density at radius 2 is 1.11 bits per heavy atom. The predicted molar refractivity (Wildman–Crippen MR) is 151 cm³/mol. The molecule has 0 saturated heterocycles. The van der Waals surface area contributed by atoms with Crippen LogP contribution in [0.25, 0.3) is 0 Å². The number of rotatable bonds is 21. The normalized spacial score (nSPS) is 17.6. The molecule has 0 saturated carbocycles. The quantitative estimate of drug-likeness (QED) is 0.0844. The number of hydrogen-bond acceptors (Lipinski definition) is 5. The fraction of sp³-hybridized carbons (Fsp3) is 0.600. The van der Waals surface area contributed by atoms with Crippen molar-refractivity contribution in [2.45, 2.75) is 115 Å². The van der Waals surface area contributed by atoms with Gasteiger partial charge in [0.1, 0.15) is 0 Å². The maximum atomic E-state index is 9.89. The molecule has 5 nitrogen and oxygen atoms in total. The molecule has 0 spiro atoms. The van der Waals surface area contributed by atoms with Crippen molar-refractivity contribution in [1.82, 2.24) is 0 Å². The zero-order valence-corrected chi connectivity index (χ0v) is 22.1. The molecule has 3 unspecified atom stereocenters. The highest BCUT2D eigenvalue weighted by molar-refractivity contribution is 5.08. The Hall–Kier alpha value is -1.76. The Bertz CT molecular complexity index is 648. The number of unbranched alkanes of at least 4 members (excludes halogenated alkanes) is 4. The lowest BCUT2D eigenvalue weighted by Gasteiger charge is -2.13. The van der Waals surface area contributed by atoms with Crippen LogP contribution in [0.15, 0.2) is 72.9 Å². The third-order valence-electron chi connectivity index (χ3n) is 5.65. The highest BCUT2D eigenvalue weighted by Gasteiger charge is 2.08. The molecule has 35 heavy (non-hydrogen) atoms. The van der Waals surface area contributed by atoms with Crippen LogP contribution in [-0.4, -0.2) is 45.7 Å². The summed E-state index contributed by atoms with van der Waals surface area (Å²) in [4.78, 5) is 0. The molecule has 0 aliphatic heterocycles. The summed E-state index contributed by atoms with van der Waals surface area (Å²) < 4.78 is 0. The molecule has 0 rings (SSSR count). The minimum absolute atomic E-state index is 0.125. The summed E-state index contributed by atoms with van der Waals surface area (Å²) in [7, 11) is 0. The number of allylic oxidation sites excluding steroid dienone is 9. The van der Waals surface area contributed by atoms with Crippen LogP contribution >= 0.6 is 0 Å². The van der Waals surface area contributed by atoms with Crippen molar-refractivity contribution in [3.8, 4) is 0 Å². The summed E-state index contributed by atoms with van der Waals surface area (Å²) in [6.07, 6.45) is 33.5. The molecule has 0 radical (unpaired) electrons. The SMILES string of the molecule is CC(N)[C@H](O)C/C=C\CC(O)/C=C/C=C\C/C=C\C/C=C\C/C=C\CCCCCC[C@@H](O)C(C)N. The average Bonchev–Trinajstić information content (AvgIpc) is 2.82. The minimum Gasteiger partial charge on any atom is -0.392 e. The van der Waals surface area contributed by atoms with Crippen molar-refractivity contribution < 1.29 is 15.3 Å². The molecular weight excluding hydrogens is 436 g/mol. The lowest BCUT2D eigenvalue weighted by Crippen LogP contribution is -2.31. The van der Waals surface area contributed by atoms with E-state index in [0.29, 0.717) is 12.8 Å². The van der Waals surface area contributed by atoms with Gasteiger partial charge in [-0.15, -0.1) is 0 Å². The van der Waals surface area contributed by atoms with Crippen LogP contribution in [0.5, 0.6) is 0 Å². The zero-order chi connectivity index (χ0) is 26.2. The van der Waals surface area contributed by atoms with Gasteiger partial charge in [-0.3, -0.25) is 0 Å². The van der Waals surface area contributed by atoms with Gasteiger partial charge in [0.15, 0.2) is 0 Å².